The molecule has 2 aromatic rings. The van der Waals surface area contributed by atoms with Gasteiger partial charge < -0.3 is 14.2 Å². The highest BCUT2D eigenvalue weighted by Gasteiger charge is 2.30. The molecule has 0 saturated carbocycles. The van der Waals surface area contributed by atoms with Crippen LogP contribution in [-0.4, -0.2) is 67.8 Å². The molecule has 1 aromatic carbocycles. The molecule has 1 aromatic heterocycles. The molecule has 14 nitrogen and oxygen atoms in total. The van der Waals surface area contributed by atoms with Gasteiger partial charge in [-0.15, -0.1) is 0 Å². The van der Waals surface area contributed by atoms with Crippen LogP contribution in [0, 0.1) is 6.92 Å². The van der Waals surface area contributed by atoms with E-state index in [0.29, 0.717) is 16.3 Å². The molecule has 0 radical (unpaired) electrons. The third kappa shape index (κ3) is 7.87. The molecule has 1 aliphatic heterocycles. The molecule has 2 atom stereocenters. The smallest absolute Gasteiger partial charge is 0.311 e. The highest BCUT2D eigenvalue weighted by Crippen LogP contribution is 2.41. The summed E-state index contributed by atoms with van der Waals surface area (Å²) in [6.07, 6.45) is -0.716. The van der Waals surface area contributed by atoms with E-state index < -0.39 is 48.1 Å². The zero-order valence-corrected chi connectivity index (χ0v) is 19.7. The number of hydrogen-bond donors (Lipinski definition) is 4. The fourth-order valence-electron chi connectivity index (χ4n) is 3.35. The third-order valence-electron chi connectivity index (χ3n) is 5.00. The number of ether oxygens (including phenoxy) is 3. The Balaban J connectivity index is 1.55. The van der Waals surface area contributed by atoms with Gasteiger partial charge in [0.15, 0.2) is 5.75 Å². The summed E-state index contributed by atoms with van der Waals surface area (Å²) < 4.78 is 16.3. The molecular formula is C21H24ClN3O11. The Bertz CT molecular complexity index is 1050. The lowest BCUT2D eigenvalue weighted by atomic mass is 10.0. The van der Waals surface area contributed by atoms with Gasteiger partial charge in [0.25, 0.3) is 0 Å². The van der Waals surface area contributed by atoms with E-state index in [-0.39, 0.29) is 25.2 Å². The molecule has 1 aliphatic rings. The van der Waals surface area contributed by atoms with Crippen molar-refractivity contribution in [3.63, 3.8) is 0 Å². The summed E-state index contributed by atoms with van der Waals surface area (Å²) in [5.74, 6) is -1.27. The van der Waals surface area contributed by atoms with Crippen LogP contribution in [0.1, 0.15) is 41.3 Å². The normalized spacial score (nSPS) is 15.7. The van der Waals surface area contributed by atoms with E-state index in [1.54, 1.807) is 25.3 Å². The minimum absolute atomic E-state index is 0.200. The van der Waals surface area contributed by atoms with Crippen LogP contribution in [0.2, 0.25) is 5.02 Å². The van der Waals surface area contributed by atoms with Crippen LogP contribution in [0.15, 0.2) is 30.5 Å². The van der Waals surface area contributed by atoms with Gasteiger partial charge in [-0.05, 0) is 24.6 Å². The first-order valence-electron chi connectivity index (χ1n) is 10.5. The Hall–Kier alpha value is -2.76. The van der Waals surface area contributed by atoms with Crippen molar-refractivity contribution in [1.29, 1.82) is 0 Å². The Kier molecular flexibility index (Phi) is 10.0. The van der Waals surface area contributed by atoms with E-state index in [4.69, 9.17) is 46.6 Å². The number of carbonyl (C=O) groups excluding carboxylic acids is 2. The Labute approximate surface area is 209 Å². The summed E-state index contributed by atoms with van der Waals surface area (Å²) in [5.41, 5.74) is 2.78. The molecule has 36 heavy (non-hydrogen) atoms. The second-order valence-electron chi connectivity index (χ2n) is 7.53. The molecule has 1 unspecified atom stereocenters. The number of aromatic nitrogens is 1. The minimum atomic E-state index is -1.31. The number of nitrogens with zero attached hydrogens (tertiary/aromatic N) is 3. The first-order chi connectivity index (χ1) is 17.1. The minimum Gasteiger partial charge on any atom is -0.463 e. The van der Waals surface area contributed by atoms with E-state index in [0.717, 1.165) is 11.1 Å². The zero-order valence-electron chi connectivity index (χ0n) is 18.9. The number of carbonyl (C=O) groups is 2. The van der Waals surface area contributed by atoms with Crippen LogP contribution in [0.5, 0.6) is 5.75 Å². The molecule has 2 heterocycles. The topological polar surface area (TPSA) is 181 Å². The fraction of sp³-hybridized carbons (Fsp3) is 0.381. The lowest BCUT2D eigenvalue weighted by molar-refractivity contribution is -0.527. The predicted octanol–water partition coefficient (Wildman–Crippen LogP) is 2.28. The largest absolute Gasteiger partial charge is 0.463 e. The first-order valence-corrected chi connectivity index (χ1v) is 10.9. The van der Waals surface area contributed by atoms with Crippen molar-refractivity contribution < 1.29 is 54.3 Å². The summed E-state index contributed by atoms with van der Waals surface area (Å²) in [5, 5.41) is 33.8. The number of rotatable bonds is 12. The number of hydrogen-bond acceptors (Lipinski definition) is 14. The van der Waals surface area contributed by atoms with Crippen molar-refractivity contribution in [2.45, 2.75) is 38.6 Å². The maximum atomic E-state index is 12.4. The van der Waals surface area contributed by atoms with Crippen LogP contribution >= 0.6 is 11.6 Å². The highest BCUT2D eigenvalue weighted by atomic mass is 35.5. The summed E-state index contributed by atoms with van der Waals surface area (Å²) in [7, 11) is 0. The van der Waals surface area contributed by atoms with Crippen molar-refractivity contribution in [3.8, 4) is 5.75 Å². The lowest BCUT2D eigenvalue weighted by Gasteiger charge is -2.18. The molecule has 0 bridgehead atoms. The van der Waals surface area contributed by atoms with Gasteiger partial charge in [-0.2, -0.15) is 0 Å². The van der Waals surface area contributed by atoms with Crippen molar-refractivity contribution >= 4 is 23.5 Å². The van der Waals surface area contributed by atoms with Crippen molar-refractivity contribution in [2.24, 2.45) is 0 Å². The van der Waals surface area contributed by atoms with Crippen LogP contribution in [0.4, 0.5) is 0 Å². The van der Waals surface area contributed by atoms with Crippen LogP contribution < -0.4 is 4.74 Å². The van der Waals surface area contributed by atoms with Crippen molar-refractivity contribution in [3.05, 3.63) is 57.9 Å². The molecule has 196 valence electrons. The van der Waals surface area contributed by atoms with Crippen molar-refractivity contribution in [1.82, 2.24) is 15.8 Å². The number of pyridine rings is 1. The molecule has 15 heteroatoms. The average molecular weight is 530 g/mol. The standard InChI is InChI=1S/C21H24ClN3O11/c1-12-20(17-11-33-21(16(17)8-23-12)13-2-4-14(22)5-3-13)35-19(27)7-6-18(26)32-9-15(36-25(30)31)10-34-24(28)29/h2-5,8,15,21,28-31H,6-7,9-11H2,1H3/t15?,21-/m0/s1. The van der Waals surface area contributed by atoms with E-state index in [1.807, 2.05) is 12.1 Å². The second-order valence-corrected chi connectivity index (χ2v) is 7.97. The summed E-state index contributed by atoms with van der Waals surface area (Å²) in [6.45, 7) is 0.703. The number of aryl methyl sites for hydroxylation is 1. The van der Waals surface area contributed by atoms with Gasteiger partial charge in [0.05, 0.1) is 35.9 Å². The second kappa shape index (κ2) is 13.0. The predicted molar refractivity (Wildman–Crippen MR) is 115 cm³/mol. The van der Waals surface area contributed by atoms with Gasteiger partial charge in [-0.3, -0.25) is 35.4 Å². The summed E-state index contributed by atoms with van der Waals surface area (Å²) in [6, 6.07) is 7.17. The highest BCUT2D eigenvalue weighted by molar-refractivity contribution is 6.30. The average Bonchev–Trinajstić information content (AvgIpc) is 3.25. The van der Waals surface area contributed by atoms with Crippen LogP contribution in [-0.2, 0) is 35.3 Å². The monoisotopic (exact) mass is 529 g/mol. The van der Waals surface area contributed by atoms with Crippen LogP contribution in [0.25, 0.3) is 0 Å². The first kappa shape index (κ1) is 27.8. The van der Waals surface area contributed by atoms with Gasteiger partial charge >= 0.3 is 11.9 Å². The molecule has 0 aliphatic carbocycles. The molecule has 0 spiro atoms. The summed E-state index contributed by atoms with van der Waals surface area (Å²) in [4.78, 5) is 37.4. The molecule has 4 N–H and O–H groups in total. The maximum Gasteiger partial charge on any atom is 0.311 e. The molecule has 0 amide bonds. The lowest BCUT2D eigenvalue weighted by Crippen LogP contribution is -2.35. The van der Waals surface area contributed by atoms with Gasteiger partial charge in [-0.25, -0.2) is 9.68 Å². The molecular weight excluding hydrogens is 506 g/mol. The zero-order chi connectivity index (χ0) is 26.2. The van der Waals surface area contributed by atoms with Gasteiger partial charge in [0.2, 0.25) is 0 Å². The fourth-order valence-corrected chi connectivity index (χ4v) is 3.48. The van der Waals surface area contributed by atoms with Crippen LogP contribution in [0.3, 0.4) is 0 Å². The Morgan fingerprint density at radius 3 is 2.47 bits per heavy atom. The van der Waals surface area contributed by atoms with E-state index in [9.17, 15) is 9.59 Å². The maximum absolute atomic E-state index is 12.4. The van der Waals surface area contributed by atoms with E-state index in [2.05, 4.69) is 14.7 Å². The number of halogens is 1. The van der Waals surface area contributed by atoms with Gasteiger partial charge in [0, 0.05) is 22.3 Å². The number of esters is 2. The number of fused-ring (bicyclic) bond motifs is 1. The van der Waals surface area contributed by atoms with E-state index >= 15 is 0 Å². The number of benzene rings is 1. The Morgan fingerprint density at radius 2 is 1.81 bits per heavy atom. The molecule has 0 fully saturated rings. The van der Waals surface area contributed by atoms with E-state index in [1.165, 1.54) is 0 Å². The molecule has 3 rings (SSSR count). The van der Waals surface area contributed by atoms with Gasteiger partial charge in [-0.1, -0.05) is 23.7 Å². The van der Waals surface area contributed by atoms with Gasteiger partial charge in [0.1, 0.15) is 25.4 Å². The quantitative estimate of drug-likeness (QED) is 0.232. The third-order valence-corrected chi connectivity index (χ3v) is 5.25. The Morgan fingerprint density at radius 1 is 1.11 bits per heavy atom. The molecule has 0 saturated heterocycles. The SMILES string of the molecule is Cc1ncc2c(c1OC(=O)CCC(=O)OCC(CON(O)O)ON(O)O)CO[C@H]2c1ccc(Cl)cc1. The van der Waals surface area contributed by atoms with Crippen molar-refractivity contribution in [2.75, 3.05) is 13.2 Å². The summed E-state index contributed by atoms with van der Waals surface area (Å²) >= 11 is 5.96.